The Morgan fingerprint density at radius 3 is 2.79 bits per heavy atom. The van der Waals surface area contributed by atoms with E-state index in [9.17, 15) is 4.79 Å². The van der Waals surface area contributed by atoms with Gasteiger partial charge in [0, 0.05) is 26.8 Å². The smallest absolute Gasteiger partial charge is 0.264 e. The van der Waals surface area contributed by atoms with Gasteiger partial charge in [0.1, 0.15) is 17.2 Å². The third-order valence-corrected chi connectivity index (χ3v) is 6.88. The zero-order valence-electron chi connectivity index (χ0n) is 19.4. The fourth-order valence-corrected chi connectivity index (χ4v) is 5.24. The second-order valence-corrected chi connectivity index (χ2v) is 8.99. The first-order chi connectivity index (χ1) is 16.0. The van der Waals surface area contributed by atoms with E-state index in [4.69, 9.17) is 18.9 Å². The third-order valence-electron chi connectivity index (χ3n) is 5.71. The molecule has 4 rings (SSSR count). The minimum Gasteiger partial charge on any atom is -0.497 e. The molecular weight excluding hydrogens is 442 g/mol. The fraction of sp³-hybridized carbons (Fsp3) is 0.458. The molecule has 2 aromatic heterocycles. The molecule has 3 aromatic rings. The summed E-state index contributed by atoms with van der Waals surface area (Å²) >= 11 is 1.36. The summed E-state index contributed by atoms with van der Waals surface area (Å²) in [6, 6.07) is 7.79. The van der Waals surface area contributed by atoms with Gasteiger partial charge in [0.25, 0.3) is 5.91 Å². The molecule has 9 heteroatoms. The molecule has 1 aliphatic heterocycles. The monoisotopic (exact) mass is 471 g/mol. The molecule has 1 saturated heterocycles. The van der Waals surface area contributed by atoms with Crippen LogP contribution in [0.2, 0.25) is 0 Å². The van der Waals surface area contributed by atoms with Crippen molar-refractivity contribution in [3.05, 3.63) is 46.1 Å². The first-order valence-corrected chi connectivity index (χ1v) is 11.7. The average molecular weight is 472 g/mol. The highest BCUT2D eigenvalue weighted by atomic mass is 32.1. The Labute approximate surface area is 197 Å². The fourth-order valence-electron chi connectivity index (χ4n) is 4.08. The lowest BCUT2D eigenvalue weighted by Crippen LogP contribution is -2.36. The number of amides is 1. The topological polar surface area (TPSA) is 83.0 Å². The summed E-state index contributed by atoms with van der Waals surface area (Å²) in [6.45, 7) is 3.92. The highest BCUT2D eigenvalue weighted by Crippen LogP contribution is 2.36. The van der Waals surface area contributed by atoms with Crippen LogP contribution >= 0.6 is 11.3 Å². The largest absolute Gasteiger partial charge is 0.497 e. The molecule has 0 saturated carbocycles. The van der Waals surface area contributed by atoms with Gasteiger partial charge in [0.2, 0.25) is 5.88 Å². The van der Waals surface area contributed by atoms with Crippen molar-refractivity contribution in [3.8, 4) is 11.6 Å². The molecule has 0 bridgehead atoms. The van der Waals surface area contributed by atoms with Crippen LogP contribution in [0.4, 0.5) is 0 Å². The zero-order valence-corrected chi connectivity index (χ0v) is 20.2. The van der Waals surface area contributed by atoms with Crippen LogP contribution in [0.5, 0.6) is 11.6 Å². The first kappa shape index (κ1) is 23.4. The van der Waals surface area contributed by atoms with E-state index >= 15 is 0 Å². The number of hydrogen-bond donors (Lipinski definition) is 0. The zero-order chi connectivity index (χ0) is 23.4. The number of aryl methyl sites for hydroxylation is 1. The summed E-state index contributed by atoms with van der Waals surface area (Å²) in [5.74, 6) is 1.69. The van der Waals surface area contributed by atoms with Crippen LogP contribution in [-0.2, 0) is 22.6 Å². The predicted octanol–water partition coefficient (Wildman–Crippen LogP) is 3.98. The van der Waals surface area contributed by atoms with Crippen LogP contribution in [0, 0.1) is 6.92 Å². The number of aromatic nitrogens is 2. The molecule has 1 aliphatic rings. The molecule has 1 fully saturated rings. The average Bonchev–Trinajstić information content (AvgIpc) is 3.46. The van der Waals surface area contributed by atoms with Crippen molar-refractivity contribution < 1.29 is 23.7 Å². The summed E-state index contributed by atoms with van der Waals surface area (Å²) < 4.78 is 21.9. The van der Waals surface area contributed by atoms with Crippen molar-refractivity contribution in [2.24, 2.45) is 0 Å². The molecule has 0 N–H and O–H groups in total. The van der Waals surface area contributed by atoms with E-state index in [1.165, 1.54) is 11.3 Å². The Kier molecular flexibility index (Phi) is 7.42. The number of carbonyl (C=O) groups excluding carboxylic acids is 1. The highest BCUT2D eigenvalue weighted by molar-refractivity contribution is 7.20. The molecule has 0 radical (unpaired) electrons. The van der Waals surface area contributed by atoms with Crippen LogP contribution in [0.3, 0.4) is 0 Å². The van der Waals surface area contributed by atoms with E-state index in [2.05, 4.69) is 9.97 Å². The molecule has 1 atom stereocenters. The maximum atomic E-state index is 13.8. The molecule has 33 heavy (non-hydrogen) atoms. The maximum Gasteiger partial charge on any atom is 0.264 e. The van der Waals surface area contributed by atoms with Gasteiger partial charge in [-0.05, 0) is 43.0 Å². The van der Waals surface area contributed by atoms with Gasteiger partial charge in [-0.25, -0.2) is 4.98 Å². The van der Waals surface area contributed by atoms with Gasteiger partial charge in [-0.3, -0.25) is 4.79 Å². The summed E-state index contributed by atoms with van der Waals surface area (Å²) in [4.78, 5) is 26.1. The lowest BCUT2D eigenvalue weighted by molar-refractivity contribution is 0.0510. The summed E-state index contributed by atoms with van der Waals surface area (Å²) in [5.41, 5.74) is 1.82. The Balaban J connectivity index is 1.70. The number of ether oxygens (including phenoxy) is 4. The van der Waals surface area contributed by atoms with Gasteiger partial charge < -0.3 is 23.8 Å². The highest BCUT2D eigenvalue weighted by Gasteiger charge is 2.28. The second-order valence-electron chi connectivity index (χ2n) is 7.99. The lowest BCUT2D eigenvalue weighted by atomic mass is 10.1. The van der Waals surface area contributed by atoms with Gasteiger partial charge in [0.15, 0.2) is 5.82 Å². The van der Waals surface area contributed by atoms with Gasteiger partial charge in [-0.1, -0.05) is 12.1 Å². The van der Waals surface area contributed by atoms with Crippen molar-refractivity contribution in [2.75, 3.05) is 34.5 Å². The van der Waals surface area contributed by atoms with Crippen molar-refractivity contribution in [1.29, 1.82) is 0 Å². The SMILES string of the molecule is COCc1nc(OC)c2c(C)c(C(=O)N(Cc3cccc(OC)c3)CC3CCCO3)sc2n1. The summed E-state index contributed by atoms with van der Waals surface area (Å²) in [6.07, 6.45) is 2.01. The molecule has 1 aromatic carbocycles. The molecule has 8 nitrogen and oxygen atoms in total. The Morgan fingerprint density at radius 2 is 2.09 bits per heavy atom. The van der Waals surface area contributed by atoms with Crippen molar-refractivity contribution in [2.45, 2.75) is 39.0 Å². The lowest BCUT2D eigenvalue weighted by Gasteiger charge is -2.25. The minimum atomic E-state index is -0.0517. The molecule has 3 heterocycles. The van der Waals surface area contributed by atoms with Crippen LogP contribution < -0.4 is 9.47 Å². The van der Waals surface area contributed by atoms with Crippen LogP contribution in [0.15, 0.2) is 24.3 Å². The van der Waals surface area contributed by atoms with E-state index in [0.717, 1.165) is 41.7 Å². The number of hydrogen-bond acceptors (Lipinski definition) is 8. The molecule has 176 valence electrons. The Hall–Kier alpha value is -2.75. The van der Waals surface area contributed by atoms with E-state index in [-0.39, 0.29) is 18.6 Å². The summed E-state index contributed by atoms with van der Waals surface area (Å²) in [5, 5.41) is 0.768. The van der Waals surface area contributed by atoms with E-state index in [1.807, 2.05) is 36.1 Å². The quantitative estimate of drug-likeness (QED) is 0.467. The van der Waals surface area contributed by atoms with Gasteiger partial charge in [0.05, 0.1) is 30.6 Å². The third kappa shape index (κ3) is 5.10. The maximum absolute atomic E-state index is 13.8. The van der Waals surface area contributed by atoms with Gasteiger partial charge in [-0.2, -0.15) is 4.98 Å². The Morgan fingerprint density at radius 1 is 1.24 bits per heavy atom. The molecule has 0 spiro atoms. The van der Waals surface area contributed by atoms with Crippen LogP contribution in [0.25, 0.3) is 10.2 Å². The number of fused-ring (bicyclic) bond motifs is 1. The second kappa shape index (κ2) is 10.5. The van der Waals surface area contributed by atoms with Crippen LogP contribution in [-0.4, -0.2) is 61.4 Å². The normalized spacial score (nSPS) is 15.7. The molecular formula is C24H29N3O5S. The minimum absolute atomic E-state index is 0.0388. The van der Waals surface area contributed by atoms with Crippen LogP contribution in [0.1, 0.15) is 39.5 Å². The standard InChI is InChI=1S/C24H29N3O5S/c1-15-20-22(31-4)25-19(14-29-2)26-23(20)33-21(15)24(28)27(13-18-9-6-10-32-18)12-16-7-5-8-17(11-16)30-3/h5,7-8,11,18H,6,9-10,12-14H2,1-4H3. The van der Waals surface area contributed by atoms with Gasteiger partial charge in [-0.15, -0.1) is 11.3 Å². The number of rotatable bonds is 9. The first-order valence-electron chi connectivity index (χ1n) is 10.9. The van der Waals surface area contributed by atoms with E-state index < -0.39 is 0 Å². The number of methoxy groups -OCH3 is 3. The van der Waals surface area contributed by atoms with Crippen molar-refractivity contribution in [3.63, 3.8) is 0 Å². The molecule has 1 amide bonds. The van der Waals surface area contributed by atoms with E-state index in [0.29, 0.717) is 34.5 Å². The van der Waals surface area contributed by atoms with E-state index in [1.54, 1.807) is 21.3 Å². The predicted molar refractivity (Wildman–Crippen MR) is 126 cm³/mol. The summed E-state index contributed by atoms with van der Waals surface area (Å²) in [7, 11) is 4.81. The number of nitrogens with zero attached hydrogens (tertiary/aromatic N) is 3. The number of benzene rings is 1. The van der Waals surface area contributed by atoms with Crippen molar-refractivity contribution in [1.82, 2.24) is 14.9 Å². The van der Waals surface area contributed by atoms with Crippen molar-refractivity contribution >= 4 is 27.5 Å². The molecule has 0 aliphatic carbocycles. The number of thiophene rings is 1. The number of carbonyl (C=O) groups is 1. The Bertz CT molecular complexity index is 1130. The molecule has 1 unspecified atom stereocenters. The van der Waals surface area contributed by atoms with Gasteiger partial charge >= 0.3 is 0 Å².